The summed E-state index contributed by atoms with van der Waals surface area (Å²) in [6.45, 7) is 5.85. The number of ether oxygens (including phenoxy) is 1. The molecule has 0 aliphatic heterocycles. The van der Waals surface area contributed by atoms with Gasteiger partial charge in [0.05, 0.1) is 5.69 Å². The lowest BCUT2D eigenvalue weighted by Crippen LogP contribution is -2.32. The lowest BCUT2D eigenvalue weighted by molar-refractivity contribution is 0.306. The van der Waals surface area contributed by atoms with Crippen molar-refractivity contribution in [3.63, 3.8) is 0 Å². The van der Waals surface area contributed by atoms with Gasteiger partial charge in [-0.1, -0.05) is 44.2 Å². The van der Waals surface area contributed by atoms with Crippen molar-refractivity contribution < 1.29 is 4.74 Å². The van der Waals surface area contributed by atoms with E-state index in [1.165, 1.54) is 5.56 Å². The molecule has 0 saturated heterocycles. The fourth-order valence-corrected chi connectivity index (χ4v) is 2.00. The van der Waals surface area contributed by atoms with E-state index in [9.17, 15) is 0 Å². The summed E-state index contributed by atoms with van der Waals surface area (Å²) in [5.41, 5.74) is 2.18. The molecule has 0 radical (unpaired) electrons. The Labute approximate surface area is 127 Å². The average Bonchev–Trinajstić information content (AvgIpc) is 2.52. The second-order valence-electron chi connectivity index (χ2n) is 5.64. The van der Waals surface area contributed by atoms with E-state index in [0.29, 0.717) is 12.5 Å². The van der Waals surface area contributed by atoms with Gasteiger partial charge in [-0.3, -0.25) is 0 Å². The van der Waals surface area contributed by atoms with E-state index in [1.54, 1.807) is 5.01 Å². The maximum Gasteiger partial charge on any atom is 0.119 e. The summed E-state index contributed by atoms with van der Waals surface area (Å²) in [4.78, 5) is 0. The van der Waals surface area contributed by atoms with Crippen LogP contribution in [0.3, 0.4) is 0 Å². The molecular formula is C18H24N2O. The molecule has 0 unspecified atom stereocenters. The topological polar surface area (TPSA) is 38.5 Å². The van der Waals surface area contributed by atoms with Crippen molar-refractivity contribution in [1.29, 1.82) is 0 Å². The van der Waals surface area contributed by atoms with Gasteiger partial charge in [0.25, 0.3) is 0 Å². The Morgan fingerprint density at radius 1 is 1.00 bits per heavy atom. The standard InChI is InChI=1S/C18H24N2O/c1-15(2)12-13-20(19)17-8-10-18(11-9-17)21-14-16-6-4-3-5-7-16/h3-11,15H,12-14,19H2,1-2H3. The predicted molar refractivity (Wildman–Crippen MR) is 88.2 cm³/mol. The fourth-order valence-electron chi connectivity index (χ4n) is 2.00. The molecule has 3 heteroatoms. The van der Waals surface area contributed by atoms with Gasteiger partial charge in [0.15, 0.2) is 0 Å². The number of hydrogen-bond donors (Lipinski definition) is 1. The Balaban J connectivity index is 1.87. The fraction of sp³-hybridized carbons (Fsp3) is 0.333. The number of nitrogens with zero attached hydrogens (tertiary/aromatic N) is 1. The molecule has 21 heavy (non-hydrogen) atoms. The van der Waals surface area contributed by atoms with Crippen molar-refractivity contribution in [1.82, 2.24) is 0 Å². The highest BCUT2D eigenvalue weighted by Gasteiger charge is 2.03. The van der Waals surface area contributed by atoms with Crippen LogP contribution >= 0.6 is 0 Å². The SMILES string of the molecule is CC(C)CCN(N)c1ccc(OCc2ccccc2)cc1. The zero-order valence-corrected chi connectivity index (χ0v) is 12.8. The second kappa shape index (κ2) is 7.70. The molecule has 0 heterocycles. The summed E-state index contributed by atoms with van der Waals surface area (Å²) < 4.78 is 5.77. The quantitative estimate of drug-likeness (QED) is 0.617. The molecule has 0 amide bonds. The number of nitrogens with two attached hydrogens (primary N) is 1. The van der Waals surface area contributed by atoms with Gasteiger partial charge in [0.2, 0.25) is 0 Å². The molecule has 0 aliphatic rings. The number of benzene rings is 2. The Morgan fingerprint density at radius 3 is 2.29 bits per heavy atom. The first kappa shape index (κ1) is 15.4. The van der Waals surface area contributed by atoms with Crippen LogP contribution in [0.25, 0.3) is 0 Å². The minimum atomic E-state index is 0.583. The predicted octanol–water partition coefficient (Wildman–Crippen LogP) is 3.99. The first-order valence-corrected chi connectivity index (χ1v) is 7.44. The van der Waals surface area contributed by atoms with Gasteiger partial charge >= 0.3 is 0 Å². The normalized spacial score (nSPS) is 10.7. The van der Waals surface area contributed by atoms with Crippen LogP contribution in [0, 0.1) is 5.92 Å². The van der Waals surface area contributed by atoms with Crippen LogP contribution in [0.5, 0.6) is 5.75 Å². The Kier molecular flexibility index (Phi) is 5.64. The Hall–Kier alpha value is -2.00. The molecule has 2 N–H and O–H groups in total. The third kappa shape index (κ3) is 5.12. The van der Waals surface area contributed by atoms with Crippen molar-refractivity contribution in [2.75, 3.05) is 11.6 Å². The van der Waals surface area contributed by atoms with Gasteiger partial charge in [0.1, 0.15) is 12.4 Å². The summed E-state index contributed by atoms with van der Waals surface area (Å²) in [7, 11) is 0. The van der Waals surface area contributed by atoms with E-state index in [0.717, 1.165) is 24.4 Å². The van der Waals surface area contributed by atoms with E-state index in [1.807, 2.05) is 42.5 Å². The molecule has 0 atom stereocenters. The summed E-state index contributed by atoms with van der Waals surface area (Å²) in [6, 6.07) is 18.1. The zero-order valence-electron chi connectivity index (χ0n) is 12.8. The Morgan fingerprint density at radius 2 is 1.67 bits per heavy atom. The van der Waals surface area contributed by atoms with Gasteiger partial charge in [-0.05, 0) is 42.2 Å². The first-order chi connectivity index (χ1) is 10.1. The number of hydrogen-bond acceptors (Lipinski definition) is 3. The monoisotopic (exact) mass is 284 g/mol. The Bertz CT molecular complexity index is 523. The zero-order chi connectivity index (χ0) is 15.1. The van der Waals surface area contributed by atoms with Crippen LogP contribution in [0.15, 0.2) is 54.6 Å². The molecule has 2 rings (SSSR count). The van der Waals surface area contributed by atoms with Crippen LogP contribution in [0.1, 0.15) is 25.8 Å². The van der Waals surface area contributed by atoms with Gasteiger partial charge in [0, 0.05) is 6.54 Å². The number of anilines is 1. The first-order valence-electron chi connectivity index (χ1n) is 7.44. The largest absolute Gasteiger partial charge is 0.489 e. The van der Waals surface area contributed by atoms with Crippen molar-refractivity contribution >= 4 is 5.69 Å². The van der Waals surface area contributed by atoms with Crippen molar-refractivity contribution in [2.24, 2.45) is 11.8 Å². The van der Waals surface area contributed by atoms with E-state index in [-0.39, 0.29) is 0 Å². The van der Waals surface area contributed by atoms with Gasteiger partial charge in [-0.25, -0.2) is 5.84 Å². The van der Waals surface area contributed by atoms with E-state index < -0.39 is 0 Å². The lowest BCUT2D eigenvalue weighted by Gasteiger charge is -2.20. The molecule has 112 valence electrons. The minimum absolute atomic E-state index is 0.583. The van der Waals surface area contributed by atoms with Crippen molar-refractivity contribution in [2.45, 2.75) is 26.9 Å². The highest BCUT2D eigenvalue weighted by atomic mass is 16.5. The highest BCUT2D eigenvalue weighted by molar-refractivity contribution is 5.47. The lowest BCUT2D eigenvalue weighted by atomic mass is 10.1. The maximum atomic E-state index is 6.05. The second-order valence-corrected chi connectivity index (χ2v) is 5.64. The van der Waals surface area contributed by atoms with Crippen molar-refractivity contribution in [3.8, 4) is 5.75 Å². The van der Waals surface area contributed by atoms with Crippen LogP contribution < -0.4 is 15.6 Å². The average molecular weight is 284 g/mol. The van der Waals surface area contributed by atoms with Crippen molar-refractivity contribution in [3.05, 3.63) is 60.2 Å². The smallest absolute Gasteiger partial charge is 0.119 e. The molecule has 0 spiro atoms. The van der Waals surface area contributed by atoms with Crippen LogP contribution in [0.4, 0.5) is 5.69 Å². The maximum absolute atomic E-state index is 6.05. The highest BCUT2D eigenvalue weighted by Crippen LogP contribution is 2.19. The molecule has 2 aromatic carbocycles. The van der Waals surface area contributed by atoms with Gasteiger partial charge < -0.3 is 9.75 Å². The molecule has 0 bridgehead atoms. The van der Waals surface area contributed by atoms with E-state index in [4.69, 9.17) is 10.6 Å². The molecule has 2 aromatic rings. The summed E-state index contributed by atoms with van der Waals surface area (Å²) in [6.07, 6.45) is 1.09. The van der Waals surface area contributed by atoms with E-state index >= 15 is 0 Å². The van der Waals surface area contributed by atoms with Crippen LogP contribution in [-0.2, 0) is 6.61 Å². The minimum Gasteiger partial charge on any atom is -0.489 e. The third-order valence-electron chi connectivity index (χ3n) is 3.36. The summed E-state index contributed by atoms with van der Waals surface area (Å²) >= 11 is 0. The third-order valence-corrected chi connectivity index (χ3v) is 3.36. The molecule has 0 fully saturated rings. The van der Waals surface area contributed by atoms with Crippen LogP contribution in [-0.4, -0.2) is 6.54 Å². The summed E-state index contributed by atoms with van der Waals surface area (Å²) in [5.74, 6) is 7.57. The number of hydrazine groups is 1. The number of rotatable bonds is 7. The van der Waals surface area contributed by atoms with Crippen LogP contribution in [0.2, 0.25) is 0 Å². The molecule has 0 aromatic heterocycles. The molecule has 3 nitrogen and oxygen atoms in total. The van der Waals surface area contributed by atoms with Gasteiger partial charge in [-0.2, -0.15) is 0 Å². The molecule has 0 saturated carbocycles. The van der Waals surface area contributed by atoms with Gasteiger partial charge in [-0.15, -0.1) is 0 Å². The molecular weight excluding hydrogens is 260 g/mol. The van der Waals surface area contributed by atoms with E-state index in [2.05, 4.69) is 26.0 Å². The molecule has 0 aliphatic carbocycles. The summed E-state index contributed by atoms with van der Waals surface area (Å²) in [5, 5.41) is 1.79.